The quantitative estimate of drug-likeness (QED) is 0.699. The van der Waals surface area contributed by atoms with E-state index in [1.165, 1.54) is 30.3 Å². The number of para-hydroxylation sites is 1. The van der Waals surface area contributed by atoms with Crippen LogP contribution in [0.25, 0.3) is 10.9 Å². The molecular weight excluding hydrogens is 350 g/mol. The number of carbonyl (C=O) groups excluding carboxylic acids is 1. The van der Waals surface area contributed by atoms with Crippen LogP contribution < -0.4 is 10.2 Å². The number of pyridine rings is 1. The van der Waals surface area contributed by atoms with E-state index in [1.807, 2.05) is 18.2 Å². The summed E-state index contributed by atoms with van der Waals surface area (Å²) in [5.41, 5.74) is 1.95. The Morgan fingerprint density at radius 2 is 1.67 bits per heavy atom. The van der Waals surface area contributed by atoms with Gasteiger partial charge in [0.2, 0.25) is 5.95 Å². The number of rotatable bonds is 2. The number of aromatic nitrogens is 1. The molecule has 3 aromatic rings. The van der Waals surface area contributed by atoms with Gasteiger partial charge >= 0.3 is 6.03 Å². The van der Waals surface area contributed by atoms with E-state index in [0.29, 0.717) is 37.4 Å². The van der Waals surface area contributed by atoms with Gasteiger partial charge in [-0.2, -0.15) is 4.39 Å². The molecule has 0 bridgehead atoms. The second-order valence-electron chi connectivity index (χ2n) is 6.39. The molecule has 1 aliphatic heterocycles. The minimum Gasteiger partial charge on any atom is -0.367 e. The highest BCUT2D eigenvalue weighted by Gasteiger charge is 2.23. The predicted molar refractivity (Wildman–Crippen MR) is 101 cm³/mol. The van der Waals surface area contributed by atoms with Crippen molar-refractivity contribution in [2.75, 3.05) is 36.4 Å². The third kappa shape index (κ3) is 3.67. The first-order chi connectivity index (χ1) is 13.1. The van der Waals surface area contributed by atoms with Crippen molar-refractivity contribution in [1.29, 1.82) is 0 Å². The Balaban J connectivity index is 1.45. The van der Waals surface area contributed by atoms with Gasteiger partial charge in [0.05, 0.1) is 11.2 Å². The Morgan fingerprint density at radius 3 is 2.41 bits per heavy atom. The topological polar surface area (TPSA) is 48.5 Å². The Morgan fingerprint density at radius 1 is 0.963 bits per heavy atom. The van der Waals surface area contributed by atoms with E-state index < -0.39 is 5.95 Å². The molecule has 1 aromatic heterocycles. The summed E-state index contributed by atoms with van der Waals surface area (Å²) in [5, 5.41) is 3.66. The Kier molecular flexibility index (Phi) is 4.58. The first kappa shape index (κ1) is 17.2. The fourth-order valence-corrected chi connectivity index (χ4v) is 3.27. The molecule has 4 rings (SSSR count). The van der Waals surface area contributed by atoms with Crippen LogP contribution in [0.15, 0.2) is 54.6 Å². The van der Waals surface area contributed by atoms with Crippen molar-refractivity contribution in [2.24, 2.45) is 0 Å². The maximum atomic E-state index is 13.9. The van der Waals surface area contributed by atoms with Gasteiger partial charge in [-0.3, -0.25) is 0 Å². The van der Waals surface area contributed by atoms with Crippen molar-refractivity contribution < 1.29 is 13.6 Å². The molecule has 0 aliphatic carbocycles. The molecule has 138 valence electrons. The van der Waals surface area contributed by atoms with Crippen molar-refractivity contribution >= 4 is 28.3 Å². The highest BCUT2D eigenvalue weighted by Crippen LogP contribution is 2.27. The normalized spacial score (nSPS) is 14.4. The van der Waals surface area contributed by atoms with Crippen LogP contribution in [0.5, 0.6) is 0 Å². The van der Waals surface area contributed by atoms with E-state index in [9.17, 15) is 13.6 Å². The molecule has 1 fully saturated rings. The van der Waals surface area contributed by atoms with E-state index in [4.69, 9.17) is 0 Å². The van der Waals surface area contributed by atoms with Crippen molar-refractivity contribution in [2.45, 2.75) is 0 Å². The lowest BCUT2D eigenvalue weighted by molar-refractivity contribution is 0.208. The maximum Gasteiger partial charge on any atom is 0.321 e. The van der Waals surface area contributed by atoms with Crippen molar-refractivity contribution in [3.8, 4) is 0 Å². The van der Waals surface area contributed by atoms with Crippen molar-refractivity contribution in [3.05, 3.63) is 66.4 Å². The molecule has 5 nitrogen and oxygen atoms in total. The predicted octanol–water partition coefficient (Wildman–Crippen LogP) is 3.87. The van der Waals surface area contributed by atoms with E-state index >= 15 is 0 Å². The maximum absolute atomic E-state index is 13.9. The lowest BCUT2D eigenvalue weighted by Gasteiger charge is -2.36. The average molecular weight is 368 g/mol. The molecule has 1 N–H and O–H groups in total. The fraction of sp³-hybridized carbons (Fsp3) is 0.200. The summed E-state index contributed by atoms with van der Waals surface area (Å²) in [6, 6.07) is 14.3. The molecule has 2 heterocycles. The van der Waals surface area contributed by atoms with Gasteiger partial charge in [-0.15, -0.1) is 0 Å². The van der Waals surface area contributed by atoms with Gasteiger partial charge < -0.3 is 15.1 Å². The van der Waals surface area contributed by atoms with Crippen LogP contribution in [0.4, 0.5) is 25.0 Å². The highest BCUT2D eigenvalue weighted by molar-refractivity contribution is 5.92. The van der Waals surface area contributed by atoms with Gasteiger partial charge in [-0.05, 0) is 30.3 Å². The third-order valence-electron chi connectivity index (χ3n) is 4.67. The summed E-state index contributed by atoms with van der Waals surface area (Å²) in [7, 11) is 0. The van der Waals surface area contributed by atoms with E-state index in [2.05, 4.69) is 15.2 Å². The van der Waals surface area contributed by atoms with E-state index in [-0.39, 0.29) is 11.8 Å². The van der Waals surface area contributed by atoms with E-state index in [1.54, 1.807) is 11.0 Å². The summed E-state index contributed by atoms with van der Waals surface area (Å²) in [6.45, 7) is 2.19. The largest absolute Gasteiger partial charge is 0.367 e. The first-order valence-electron chi connectivity index (χ1n) is 8.72. The van der Waals surface area contributed by atoms with Gasteiger partial charge in [-0.1, -0.05) is 18.2 Å². The first-order valence-corrected chi connectivity index (χ1v) is 8.72. The summed E-state index contributed by atoms with van der Waals surface area (Å²) >= 11 is 0. The number of piperazine rings is 1. The van der Waals surface area contributed by atoms with Crippen LogP contribution in [0.2, 0.25) is 0 Å². The smallest absolute Gasteiger partial charge is 0.321 e. The summed E-state index contributed by atoms with van der Waals surface area (Å²) in [4.78, 5) is 20.1. The van der Waals surface area contributed by atoms with Crippen LogP contribution in [0.3, 0.4) is 0 Å². The number of urea groups is 1. The number of amides is 2. The molecule has 1 aliphatic rings. The Labute approximate surface area is 155 Å². The van der Waals surface area contributed by atoms with Crippen LogP contribution in [-0.4, -0.2) is 42.1 Å². The molecule has 0 spiro atoms. The zero-order valence-electron chi connectivity index (χ0n) is 14.5. The number of anilines is 2. The van der Waals surface area contributed by atoms with Crippen LogP contribution >= 0.6 is 0 Å². The van der Waals surface area contributed by atoms with Crippen molar-refractivity contribution in [3.63, 3.8) is 0 Å². The van der Waals surface area contributed by atoms with Gasteiger partial charge in [0.25, 0.3) is 0 Å². The molecule has 0 radical (unpaired) electrons. The van der Waals surface area contributed by atoms with Crippen LogP contribution in [-0.2, 0) is 0 Å². The molecule has 0 saturated carbocycles. The third-order valence-corrected chi connectivity index (χ3v) is 4.67. The lowest BCUT2D eigenvalue weighted by Crippen LogP contribution is -2.50. The highest BCUT2D eigenvalue weighted by atomic mass is 19.1. The molecular formula is C20H18F2N4O. The van der Waals surface area contributed by atoms with Crippen LogP contribution in [0, 0.1) is 11.8 Å². The molecule has 1 saturated heterocycles. The average Bonchev–Trinajstić information content (AvgIpc) is 2.69. The SMILES string of the molecule is O=C(Nc1ccc(F)cc1)N1CCN(c2cc(F)nc3ccccc23)CC1. The van der Waals surface area contributed by atoms with Crippen molar-refractivity contribution in [1.82, 2.24) is 9.88 Å². The zero-order chi connectivity index (χ0) is 18.8. The van der Waals surface area contributed by atoms with Gasteiger partial charge in [0.1, 0.15) is 5.82 Å². The number of benzene rings is 2. The van der Waals surface area contributed by atoms with Gasteiger partial charge in [0.15, 0.2) is 0 Å². The summed E-state index contributed by atoms with van der Waals surface area (Å²) in [5.74, 6) is -0.862. The molecule has 2 amide bonds. The molecule has 0 atom stereocenters. The minimum absolute atomic E-state index is 0.230. The second kappa shape index (κ2) is 7.19. The van der Waals surface area contributed by atoms with Gasteiger partial charge in [-0.25, -0.2) is 14.2 Å². The Hall–Kier alpha value is -3.22. The summed E-state index contributed by atoms with van der Waals surface area (Å²) in [6.07, 6.45) is 0. The summed E-state index contributed by atoms with van der Waals surface area (Å²) < 4.78 is 26.9. The minimum atomic E-state index is -0.514. The number of carbonyl (C=O) groups is 1. The molecule has 2 aromatic carbocycles. The molecule has 0 unspecified atom stereocenters. The zero-order valence-corrected chi connectivity index (χ0v) is 14.5. The number of hydrogen-bond donors (Lipinski definition) is 1. The Bertz CT molecular complexity index is 969. The fourth-order valence-electron chi connectivity index (χ4n) is 3.27. The monoisotopic (exact) mass is 368 g/mol. The van der Waals surface area contributed by atoms with Gasteiger partial charge in [0, 0.05) is 43.3 Å². The second-order valence-corrected chi connectivity index (χ2v) is 6.39. The standard InChI is InChI=1S/C20H18F2N4O/c21-14-5-7-15(8-6-14)23-20(27)26-11-9-25(10-12-26)18-13-19(22)24-17-4-2-1-3-16(17)18/h1-8,13H,9-12H2,(H,23,27). The molecule has 27 heavy (non-hydrogen) atoms. The number of nitrogens with one attached hydrogen (secondary N) is 1. The number of fused-ring (bicyclic) bond motifs is 1. The number of nitrogens with zero attached hydrogens (tertiary/aromatic N) is 3. The number of hydrogen-bond acceptors (Lipinski definition) is 3. The number of halogens is 2. The molecule has 7 heteroatoms. The van der Waals surface area contributed by atoms with Crippen LogP contribution in [0.1, 0.15) is 0 Å². The lowest BCUT2D eigenvalue weighted by atomic mass is 10.1. The van der Waals surface area contributed by atoms with E-state index in [0.717, 1.165) is 11.1 Å².